The van der Waals surface area contributed by atoms with Crippen molar-refractivity contribution in [2.75, 3.05) is 18.5 Å². The molecular formula is C26H31N3O4. The van der Waals surface area contributed by atoms with Gasteiger partial charge in [-0.15, -0.1) is 0 Å². The number of carbonyl (C=O) groups excluding carboxylic acids is 3. The van der Waals surface area contributed by atoms with Crippen molar-refractivity contribution in [1.29, 1.82) is 0 Å². The zero-order valence-corrected chi connectivity index (χ0v) is 19.6. The number of amides is 3. The van der Waals surface area contributed by atoms with Gasteiger partial charge in [-0.25, -0.2) is 9.59 Å². The number of ether oxygens (including phenoxy) is 1. The minimum Gasteiger partial charge on any atom is -0.462 e. The summed E-state index contributed by atoms with van der Waals surface area (Å²) in [5, 5.41) is 5.80. The van der Waals surface area contributed by atoms with E-state index < -0.39 is 12.0 Å². The second-order valence-electron chi connectivity index (χ2n) is 8.47. The van der Waals surface area contributed by atoms with Crippen molar-refractivity contribution in [2.24, 2.45) is 5.92 Å². The molecule has 1 aliphatic rings. The van der Waals surface area contributed by atoms with Gasteiger partial charge in [0.25, 0.3) is 5.91 Å². The van der Waals surface area contributed by atoms with E-state index in [4.69, 9.17) is 4.74 Å². The van der Waals surface area contributed by atoms with E-state index in [9.17, 15) is 14.4 Å². The summed E-state index contributed by atoms with van der Waals surface area (Å²) in [4.78, 5) is 39.8. The average molecular weight is 450 g/mol. The maximum Gasteiger partial charge on any atom is 0.338 e. The first-order chi connectivity index (χ1) is 15.8. The molecule has 174 valence electrons. The Morgan fingerprint density at radius 2 is 1.76 bits per heavy atom. The van der Waals surface area contributed by atoms with Crippen LogP contribution >= 0.6 is 0 Å². The molecule has 0 spiro atoms. The predicted molar refractivity (Wildman–Crippen MR) is 128 cm³/mol. The van der Waals surface area contributed by atoms with Gasteiger partial charge in [0.05, 0.1) is 18.2 Å². The Bertz CT molecular complexity index is 1030. The molecule has 2 N–H and O–H groups in total. The number of allylic oxidation sites excluding steroid dienone is 1. The average Bonchev–Trinajstić information content (AvgIpc) is 2.81. The second kappa shape index (κ2) is 10.8. The fourth-order valence-corrected chi connectivity index (χ4v) is 3.66. The number of nitrogens with one attached hydrogen (secondary N) is 2. The molecule has 3 amide bonds. The molecule has 0 aliphatic carbocycles. The number of benzene rings is 2. The van der Waals surface area contributed by atoms with E-state index in [2.05, 4.69) is 10.6 Å². The van der Waals surface area contributed by atoms with Crippen molar-refractivity contribution in [3.8, 4) is 0 Å². The van der Waals surface area contributed by atoms with Gasteiger partial charge in [-0.2, -0.15) is 0 Å². The van der Waals surface area contributed by atoms with Gasteiger partial charge in [0.15, 0.2) is 0 Å². The monoisotopic (exact) mass is 449 g/mol. The van der Waals surface area contributed by atoms with Crippen LogP contribution in [0.4, 0.5) is 10.5 Å². The molecule has 0 aromatic heterocycles. The molecule has 3 rings (SSSR count). The highest BCUT2D eigenvalue weighted by Crippen LogP contribution is 2.32. The molecule has 7 heteroatoms. The van der Waals surface area contributed by atoms with E-state index in [-0.39, 0.29) is 17.9 Å². The molecule has 0 saturated heterocycles. The van der Waals surface area contributed by atoms with Crippen molar-refractivity contribution < 1.29 is 19.1 Å². The lowest BCUT2D eigenvalue weighted by molar-refractivity contribution is -0.140. The van der Waals surface area contributed by atoms with Crippen LogP contribution in [0.1, 0.15) is 56.1 Å². The van der Waals surface area contributed by atoms with Gasteiger partial charge in [-0.3, -0.25) is 9.69 Å². The Hall–Kier alpha value is -3.61. The molecule has 33 heavy (non-hydrogen) atoms. The molecule has 0 bridgehead atoms. The van der Waals surface area contributed by atoms with Crippen molar-refractivity contribution in [1.82, 2.24) is 10.2 Å². The van der Waals surface area contributed by atoms with Gasteiger partial charge >= 0.3 is 12.0 Å². The van der Waals surface area contributed by atoms with E-state index in [0.717, 1.165) is 12.0 Å². The third kappa shape index (κ3) is 5.80. The van der Waals surface area contributed by atoms with E-state index in [0.29, 0.717) is 35.7 Å². The van der Waals surface area contributed by atoms with Crippen molar-refractivity contribution >= 4 is 23.6 Å². The zero-order chi connectivity index (χ0) is 24.0. The van der Waals surface area contributed by atoms with E-state index in [1.807, 2.05) is 26.8 Å². The van der Waals surface area contributed by atoms with Crippen LogP contribution in [0.15, 0.2) is 65.9 Å². The first kappa shape index (κ1) is 24.0. The normalized spacial score (nSPS) is 16.0. The molecule has 1 heterocycles. The number of anilines is 1. The molecular weight excluding hydrogens is 418 g/mol. The minimum atomic E-state index is -0.635. The van der Waals surface area contributed by atoms with E-state index >= 15 is 0 Å². The van der Waals surface area contributed by atoms with Crippen LogP contribution in [-0.2, 0) is 9.53 Å². The third-order valence-corrected chi connectivity index (χ3v) is 5.35. The summed E-state index contributed by atoms with van der Waals surface area (Å²) in [6.45, 7) is 8.51. The number of hydrogen-bond acceptors (Lipinski definition) is 4. The molecule has 2 aromatic rings. The number of carbonyl (C=O) groups is 3. The Labute approximate surface area is 194 Å². The van der Waals surface area contributed by atoms with E-state index in [1.165, 1.54) is 0 Å². The van der Waals surface area contributed by atoms with Gasteiger partial charge in [-0.05, 0) is 49.1 Å². The summed E-state index contributed by atoms with van der Waals surface area (Å²) in [6, 6.07) is 15.2. The van der Waals surface area contributed by atoms with E-state index in [1.54, 1.807) is 60.4 Å². The van der Waals surface area contributed by atoms with Gasteiger partial charge in [0.2, 0.25) is 0 Å². The van der Waals surface area contributed by atoms with Gasteiger partial charge < -0.3 is 15.4 Å². The van der Waals surface area contributed by atoms with Gasteiger partial charge in [-0.1, -0.05) is 51.1 Å². The lowest BCUT2D eigenvalue weighted by Gasteiger charge is -2.35. The van der Waals surface area contributed by atoms with Crippen LogP contribution in [0.25, 0.3) is 0 Å². The molecule has 0 saturated carbocycles. The standard InChI is InChI=1S/C26H31N3O4/c1-5-15-29-18(4)22(25(31)33-16-17(2)3)23(28-26(29)32)19-11-13-21(14-12-19)27-24(30)20-9-7-6-8-10-20/h6-14,17,23H,5,15-16H2,1-4H3,(H,27,30)(H,28,32). The van der Waals surface area contributed by atoms with Crippen molar-refractivity contribution in [3.63, 3.8) is 0 Å². The third-order valence-electron chi connectivity index (χ3n) is 5.35. The number of hydrogen-bond donors (Lipinski definition) is 2. The number of rotatable bonds is 8. The zero-order valence-electron chi connectivity index (χ0n) is 19.6. The summed E-state index contributed by atoms with van der Waals surface area (Å²) in [5.41, 5.74) is 2.93. The predicted octanol–water partition coefficient (Wildman–Crippen LogP) is 4.89. The Morgan fingerprint density at radius 1 is 1.09 bits per heavy atom. The number of urea groups is 1. The lowest BCUT2D eigenvalue weighted by atomic mass is 9.94. The lowest BCUT2D eigenvalue weighted by Crippen LogP contribution is -2.48. The highest BCUT2D eigenvalue weighted by atomic mass is 16.5. The highest BCUT2D eigenvalue weighted by molar-refractivity contribution is 6.04. The Morgan fingerprint density at radius 3 is 2.36 bits per heavy atom. The molecule has 0 radical (unpaired) electrons. The maximum absolute atomic E-state index is 13.0. The first-order valence-electron chi connectivity index (χ1n) is 11.2. The SMILES string of the molecule is CCCN1C(=O)NC(c2ccc(NC(=O)c3ccccc3)cc2)C(C(=O)OCC(C)C)=C1C. The number of esters is 1. The number of nitrogens with zero attached hydrogens (tertiary/aromatic N) is 1. The van der Waals surface area contributed by atoms with Gasteiger partial charge in [0.1, 0.15) is 0 Å². The second-order valence-corrected chi connectivity index (χ2v) is 8.47. The molecule has 0 fully saturated rings. The summed E-state index contributed by atoms with van der Waals surface area (Å²) >= 11 is 0. The van der Waals surface area contributed by atoms with Crippen molar-refractivity contribution in [3.05, 3.63) is 77.0 Å². The molecule has 1 aliphatic heterocycles. The van der Waals surface area contributed by atoms with Crippen LogP contribution in [0.2, 0.25) is 0 Å². The summed E-state index contributed by atoms with van der Waals surface area (Å²) in [5.74, 6) is -0.447. The van der Waals surface area contributed by atoms with Crippen LogP contribution in [0, 0.1) is 5.92 Å². The first-order valence-corrected chi connectivity index (χ1v) is 11.2. The van der Waals surface area contributed by atoms with Crippen LogP contribution in [0.3, 0.4) is 0 Å². The smallest absolute Gasteiger partial charge is 0.338 e. The van der Waals surface area contributed by atoms with Gasteiger partial charge in [0, 0.05) is 23.5 Å². The van der Waals surface area contributed by atoms with Crippen LogP contribution in [-0.4, -0.2) is 36.0 Å². The largest absolute Gasteiger partial charge is 0.462 e. The maximum atomic E-state index is 13.0. The summed E-state index contributed by atoms with van der Waals surface area (Å²) < 4.78 is 5.52. The quantitative estimate of drug-likeness (QED) is 0.562. The fraction of sp³-hybridized carbons (Fsp3) is 0.346. The minimum absolute atomic E-state index is 0.200. The van der Waals surface area contributed by atoms with Crippen LogP contribution < -0.4 is 10.6 Å². The molecule has 1 atom stereocenters. The highest BCUT2D eigenvalue weighted by Gasteiger charge is 2.36. The molecule has 7 nitrogen and oxygen atoms in total. The topological polar surface area (TPSA) is 87.7 Å². The Kier molecular flexibility index (Phi) is 7.87. The summed E-state index contributed by atoms with van der Waals surface area (Å²) in [7, 11) is 0. The summed E-state index contributed by atoms with van der Waals surface area (Å²) in [6.07, 6.45) is 0.763. The Balaban J connectivity index is 1.86. The van der Waals surface area contributed by atoms with Crippen LogP contribution in [0.5, 0.6) is 0 Å². The molecule has 1 unspecified atom stereocenters. The fourth-order valence-electron chi connectivity index (χ4n) is 3.66. The molecule has 2 aromatic carbocycles. The van der Waals surface area contributed by atoms with Crippen molar-refractivity contribution in [2.45, 2.75) is 40.2 Å².